The number of aliphatic carboxylic acids is 1. The molecule has 0 aliphatic rings. The highest BCUT2D eigenvalue weighted by molar-refractivity contribution is 7.98. The lowest BCUT2D eigenvalue weighted by molar-refractivity contribution is -0.144. The molecular weight excluding hydrogens is 229 g/mol. The predicted octanol–water partition coefficient (Wildman–Crippen LogP) is 1.82. The second-order valence-electron chi connectivity index (χ2n) is 3.50. The summed E-state index contributed by atoms with van der Waals surface area (Å²) in [7, 11) is 0. The van der Waals surface area contributed by atoms with Crippen LogP contribution in [-0.4, -0.2) is 23.1 Å². The van der Waals surface area contributed by atoms with Crippen LogP contribution >= 0.6 is 11.8 Å². The van der Waals surface area contributed by atoms with Crippen molar-refractivity contribution in [2.45, 2.75) is 12.0 Å². The summed E-state index contributed by atoms with van der Waals surface area (Å²) in [5.74, 6) is -1.21. The highest BCUT2D eigenvalue weighted by atomic mass is 32.2. The van der Waals surface area contributed by atoms with Gasteiger partial charge in [-0.3, -0.25) is 0 Å². The van der Waals surface area contributed by atoms with Crippen LogP contribution in [0.3, 0.4) is 0 Å². The maximum absolute atomic E-state index is 13.5. The molecule has 0 saturated carbocycles. The molecule has 1 rings (SSSR count). The molecule has 88 valence electrons. The van der Waals surface area contributed by atoms with E-state index in [2.05, 4.69) is 0 Å². The zero-order valence-electron chi connectivity index (χ0n) is 8.94. The third kappa shape index (κ3) is 2.54. The van der Waals surface area contributed by atoms with Crippen LogP contribution < -0.4 is 5.73 Å². The third-order valence-corrected chi connectivity index (χ3v) is 3.05. The van der Waals surface area contributed by atoms with Crippen molar-refractivity contribution in [3.63, 3.8) is 0 Å². The summed E-state index contributed by atoms with van der Waals surface area (Å²) >= 11 is 1.48. The number of carboxylic acid groups (broad SMARTS) is 1. The number of nitrogens with two attached hydrogens (primary N) is 1. The lowest BCUT2D eigenvalue weighted by Crippen LogP contribution is -2.46. The Labute approximate surface area is 97.8 Å². The molecule has 0 amide bonds. The van der Waals surface area contributed by atoms with E-state index in [4.69, 9.17) is 10.8 Å². The number of thioether (sulfide) groups is 1. The molecular formula is C11H14FNO2S. The molecule has 1 atom stereocenters. The Morgan fingerprint density at radius 2 is 2.19 bits per heavy atom. The fourth-order valence-corrected chi connectivity index (χ4v) is 1.97. The Balaban J connectivity index is 3.11. The van der Waals surface area contributed by atoms with Gasteiger partial charge in [-0.2, -0.15) is 11.8 Å². The van der Waals surface area contributed by atoms with Crippen LogP contribution in [0.5, 0.6) is 0 Å². The Kier molecular flexibility index (Phi) is 4.32. The fourth-order valence-electron chi connectivity index (χ4n) is 1.44. The monoisotopic (exact) mass is 243 g/mol. The van der Waals surface area contributed by atoms with E-state index in [1.54, 1.807) is 6.07 Å². The van der Waals surface area contributed by atoms with Crippen LogP contribution in [0, 0.1) is 5.82 Å². The van der Waals surface area contributed by atoms with E-state index >= 15 is 0 Å². The first-order valence-corrected chi connectivity index (χ1v) is 6.18. The van der Waals surface area contributed by atoms with E-state index < -0.39 is 17.3 Å². The number of hydrogen-bond acceptors (Lipinski definition) is 3. The van der Waals surface area contributed by atoms with E-state index in [9.17, 15) is 9.18 Å². The fraction of sp³-hybridized carbons (Fsp3) is 0.364. The van der Waals surface area contributed by atoms with Crippen molar-refractivity contribution in [2.24, 2.45) is 5.73 Å². The molecule has 3 nitrogen and oxygen atoms in total. The molecule has 1 aromatic rings. The number of hydrogen-bond donors (Lipinski definition) is 2. The van der Waals surface area contributed by atoms with Gasteiger partial charge in [0.25, 0.3) is 0 Å². The molecule has 0 heterocycles. The van der Waals surface area contributed by atoms with E-state index in [0.29, 0.717) is 5.75 Å². The Bertz CT molecular complexity index is 386. The number of rotatable bonds is 5. The molecule has 3 N–H and O–H groups in total. The van der Waals surface area contributed by atoms with Crippen molar-refractivity contribution in [3.05, 3.63) is 35.6 Å². The molecule has 0 bridgehead atoms. The zero-order chi connectivity index (χ0) is 12.2. The van der Waals surface area contributed by atoms with Crippen LogP contribution in [0.25, 0.3) is 0 Å². The molecule has 0 spiro atoms. The summed E-state index contributed by atoms with van der Waals surface area (Å²) in [5.41, 5.74) is 4.19. The maximum Gasteiger partial charge on any atom is 0.328 e. The molecule has 1 unspecified atom stereocenters. The van der Waals surface area contributed by atoms with Gasteiger partial charge < -0.3 is 10.8 Å². The Morgan fingerprint density at radius 1 is 1.56 bits per heavy atom. The van der Waals surface area contributed by atoms with Gasteiger partial charge in [-0.15, -0.1) is 0 Å². The molecule has 0 saturated heterocycles. The molecule has 16 heavy (non-hydrogen) atoms. The number of benzene rings is 1. The number of carboxylic acids is 1. The highest BCUT2D eigenvalue weighted by Gasteiger charge is 2.37. The predicted molar refractivity (Wildman–Crippen MR) is 62.9 cm³/mol. The first-order chi connectivity index (χ1) is 7.52. The van der Waals surface area contributed by atoms with Gasteiger partial charge in [0.2, 0.25) is 0 Å². The molecule has 0 aliphatic carbocycles. The van der Waals surface area contributed by atoms with Gasteiger partial charge in [-0.1, -0.05) is 18.2 Å². The summed E-state index contributed by atoms with van der Waals surface area (Å²) < 4.78 is 13.5. The minimum Gasteiger partial charge on any atom is -0.480 e. The van der Waals surface area contributed by atoms with E-state index in [0.717, 1.165) is 0 Å². The standard InChI is InChI=1S/C11H14FNO2S/c1-16-7-6-11(13,10(14)15)8-4-2-3-5-9(8)12/h2-5H,6-7,13H2,1H3,(H,14,15). The molecule has 0 fully saturated rings. The minimum atomic E-state index is -1.64. The van der Waals surface area contributed by atoms with E-state index in [1.165, 1.54) is 30.0 Å². The van der Waals surface area contributed by atoms with Crippen LogP contribution in [0.15, 0.2) is 24.3 Å². The second-order valence-corrected chi connectivity index (χ2v) is 4.48. The second kappa shape index (κ2) is 5.32. The van der Waals surface area contributed by atoms with Gasteiger partial charge in [0.1, 0.15) is 11.4 Å². The molecule has 0 radical (unpaired) electrons. The van der Waals surface area contributed by atoms with Crippen LogP contribution in [-0.2, 0) is 10.3 Å². The maximum atomic E-state index is 13.5. The van der Waals surface area contributed by atoms with Gasteiger partial charge >= 0.3 is 5.97 Å². The van der Waals surface area contributed by atoms with Gasteiger partial charge in [-0.25, -0.2) is 9.18 Å². The van der Waals surface area contributed by atoms with Crippen molar-refractivity contribution < 1.29 is 14.3 Å². The number of carbonyl (C=O) groups is 1. The first-order valence-electron chi connectivity index (χ1n) is 4.78. The van der Waals surface area contributed by atoms with Crippen LogP contribution in [0.2, 0.25) is 0 Å². The molecule has 1 aromatic carbocycles. The largest absolute Gasteiger partial charge is 0.480 e. The molecule has 0 aliphatic heterocycles. The topological polar surface area (TPSA) is 63.3 Å². The van der Waals surface area contributed by atoms with E-state index in [-0.39, 0.29) is 12.0 Å². The van der Waals surface area contributed by atoms with Gasteiger partial charge in [0.05, 0.1) is 0 Å². The van der Waals surface area contributed by atoms with Crippen LogP contribution in [0.4, 0.5) is 4.39 Å². The van der Waals surface area contributed by atoms with Crippen molar-refractivity contribution in [3.8, 4) is 0 Å². The third-order valence-electron chi connectivity index (χ3n) is 2.44. The van der Waals surface area contributed by atoms with Crippen molar-refractivity contribution in [2.75, 3.05) is 12.0 Å². The summed E-state index contributed by atoms with van der Waals surface area (Å²) in [6, 6.07) is 5.74. The van der Waals surface area contributed by atoms with Crippen molar-refractivity contribution in [1.82, 2.24) is 0 Å². The average molecular weight is 243 g/mol. The average Bonchev–Trinajstić information content (AvgIpc) is 2.26. The van der Waals surface area contributed by atoms with Crippen molar-refractivity contribution in [1.29, 1.82) is 0 Å². The van der Waals surface area contributed by atoms with Gasteiger partial charge in [0, 0.05) is 5.56 Å². The first kappa shape index (κ1) is 13.0. The normalized spacial score (nSPS) is 14.4. The summed E-state index contributed by atoms with van der Waals surface area (Å²) in [4.78, 5) is 11.2. The van der Waals surface area contributed by atoms with Crippen molar-refractivity contribution >= 4 is 17.7 Å². The summed E-state index contributed by atoms with van der Waals surface area (Å²) in [5, 5.41) is 9.14. The zero-order valence-corrected chi connectivity index (χ0v) is 9.76. The number of halogens is 1. The van der Waals surface area contributed by atoms with Gasteiger partial charge in [-0.05, 0) is 24.5 Å². The van der Waals surface area contributed by atoms with E-state index in [1.807, 2.05) is 6.26 Å². The van der Waals surface area contributed by atoms with Crippen LogP contribution in [0.1, 0.15) is 12.0 Å². The lowest BCUT2D eigenvalue weighted by atomic mass is 9.88. The SMILES string of the molecule is CSCCC(N)(C(=O)O)c1ccccc1F. The Morgan fingerprint density at radius 3 is 2.69 bits per heavy atom. The smallest absolute Gasteiger partial charge is 0.328 e. The highest BCUT2D eigenvalue weighted by Crippen LogP contribution is 2.26. The molecule has 0 aromatic heterocycles. The minimum absolute atomic E-state index is 0.0385. The summed E-state index contributed by atoms with van der Waals surface area (Å²) in [6.07, 6.45) is 2.05. The van der Waals surface area contributed by atoms with Gasteiger partial charge in [0.15, 0.2) is 0 Å². The Hall–Kier alpha value is -1.07. The molecule has 5 heteroatoms. The summed E-state index contributed by atoms with van der Waals surface area (Å²) in [6.45, 7) is 0. The lowest BCUT2D eigenvalue weighted by Gasteiger charge is -2.25. The quantitative estimate of drug-likeness (QED) is 0.828.